The average molecular weight is 305 g/mol. The molecule has 3 nitrogen and oxygen atoms in total. The fourth-order valence-electron chi connectivity index (χ4n) is 2.42. The molecule has 0 saturated heterocycles. The lowest BCUT2D eigenvalue weighted by Crippen LogP contribution is -2.10. The third-order valence-electron chi connectivity index (χ3n) is 3.88. The number of carbonyl (C=O) groups excluding carboxylic acids is 1. The van der Waals surface area contributed by atoms with Gasteiger partial charge in [0, 0.05) is 17.3 Å². The molecule has 0 spiro atoms. The lowest BCUT2D eigenvalue weighted by molar-refractivity contribution is -0.111. The molecular formula is C20H19NO2. The maximum Gasteiger partial charge on any atom is 0.248 e. The van der Waals surface area contributed by atoms with E-state index in [1.807, 2.05) is 62.4 Å². The third kappa shape index (κ3) is 3.69. The van der Waals surface area contributed by atoms with E-state index in [1.54, 1.807) is 6.08 Å². The van der Waals surface area contributed by atoms with Crippen molar-refractivity contribution in [3.63, 3.8) is 0 Å². The standard InChI is InChI=1S/C20H19NO2/c1-14-7-9-18(11-15(14)2)21-20(22)10-8-16-12-17-5-3-4-6-19(17)23-13-16/h3-12H,13H2,1-2H3,(H,21,22). The molecule has 1 N–H and O–H groups in total. The second kappa shape index (κ2) is 6.53. The molecule has 116 valence electrons. The van der Waals surface area contributed by atoms with Crippen LogP contribution in [0.5, 0.6) is 5.75 Å². The van der Waals surface area contributed by atoms with Crippen LogP contribution in [0.4, 0.5) is 5.69 Å². The fourth-order valence-corrected chi connectivity index (χ4v) is 2.42. The van der Waals surface area contributed by atoms with E-state index in [0.717, 1.165) is 28.1 Å². The quantitative estimate of drug-likeness (QED) is 0.860. The molecule has 1 aliphatic heterocycles. The van der Waals surface area contributed by atoms with Gasteiger partial charge in [0.2, 0.25) is 5.91 Å². The predicted molar refractivity (Wildman–Crippen MR) is 93.6 cm³/mol. The summed E-state index contributed by atoms with van der Waals surface area (Å²) < 4.78 is 5.66. The van der Waals surface area contributed by atoms with Crippen LogP contribution in [0.15, 0.2) is 60.2 Å². The Kier molecular flexibility index (Phi) is 4.29. The Bertz CT molecular complexity index is 803. The number of carbonyl (C=O) groups is 1. The minimum Gasteiger partial charge on any atom is -0.488 e. The van der Waals surface area contributed by atoms with Gasteiger partial charge in [0.25, 0.3) is 0 Å². The number of fused-ring (bicyclic) bond motifs is 1. The van der Waals surface area contributed by atoms with Crippen molar-refractivity contribution in [1.29, 1.82) is 0 Å². The Balaban J connectivity index is 1.67. The molecule has 0 aliphatic carbocycles. The van der Waals surface area contributed by atoms with Crippen LogP contribution in [0.3, 0.4) is 0 Å². The number of benzene rings is 2. The average Bonchev–Trinajstić information content (AvgIpc) is 2.56. The first-order valence-corrected chi connectivity index (χ1v) is 7.60. The number of rotatable bonds is 3. The number of anilines is 1. The summed E-state index contributed by atoms with van der Waals surface area (Å²) in [6.07, 6.45) is 5.38. The number of ether oxygens (including phenoxy) is 1. The molecule has 0 unspecified atom stereocenters. The van der Waals surface area contributed by atoms with E-state index in [4.69, 9.17) is 4.74 Å². The molecular weight excluding hydrogens is 286 g/mol. The molecule has 3 heteroatoms. The zero-order valence-electron chi connectivity index (χ0n) is 13.3. The fraction of sp³-hybridized carbons (Fsp3) is 0.150. The molecule has 2 aromatic rings. The van der Waals surface area contributed by atoms with Gasteiger partial charge in [0.05, 0.1) is 0 Å². The number of amides is 1. The summed E-state index contributed by atoms with van der Waals surface area (Å²) in [7, 11) is 0. The molecule has 2 aromatic carbocycles. The Hall–Kier alpha value is -2.81. The monoisotopic (exact) mass is 305 g/mol. The number of aryl methyl sites for hydroxylation is 2. The second-order valence-corrected chi connectivity index (χ2v) is 5.67. The van der Waals surface area contributed by atoms with Crippen molar-refractivity contribution >= 4 is 17.7 Å². The van der Waals surface area contributed by atoms with E-state index >= 15 is 0 Å². The summed E-state index contributed by atoms with van der Waals surface area (Å²) in [5.41, 5.74) is 5.18. The summed E-state index contributed by atoms with van der Waals surface area (Å²) in [6.45, 7) is 4.56. The highest BCUT2D eigenvalue weighted by Crippen LogP contribution is 2.26. The Morgan fingerprint density at radius 2 is 1.96 bits per heavy atom. The summed E-state index contributed by atoms with van der Waals surface area (Å²) >= 11 is 0. The van der Waals surface area contributed by atoms with Crippen LogP contribution in [0.2, 0.25) is 0 Å². The van der Waals surface area contributed by atoms with Crippen molar-refractivity contribution in [1.82, 2.24) is 0 Å². The zero-order chi connectivity index (χ0) is 16.2. The van der Waals surface area contributed by atoms with E-state index in [-0.39, 0.29) is 5.91 Å². The SMILES string of the molecule is Cc1ccc(NC(=O)C=CC2=Cc3ccccc3OC2)cc1C. The number of nitrogens with one attached hydrogen (secondary N) is 1. The molecule has 3 rings (SSSR count). The maximum atomic E-state index is 12.0. The molecule has 0 saturated carbocycles. The van der Waals surface area contributed by atoms with Crippen LogP contribution in [-0.2, 0) is 4.79 Å². The highest BCUT2D eigenvalue weighted by Gasteiger charge is 2.08. The van der Waals surface area contributed by atoms with Gasteiger partial charge in [0.1, 0.15) is 12.4 Å². The minimum atomic E-state index is -0.145. The van der Waals surface area contributed by atoms with E-state index in [2.05, 4.69) is 5.32 Å². The Morgan fingerprint density at radius 3 is 2.78 bits per heavy atom. The van der Waals surface area contributed by atoms with Crippen molar-refractivity contribution in [2.24, 2.45) is 0 Å². The summed E-state index contributed by atoms with van der Waals surface area (Å²) in [5, 5.41) is 2.87. The van der Waals surface area contributed by atoms with E-state index in [0.29, 0.717) is 6.61 Å². The first kappa shape index (κ1) is 15.1. The van der Waals surface area contributed by atoms with Crippen LogP contribution in [0, 0.1) is 13.8 Å². The Labute approximate surface area is 136 Å². The molecule has 1 heterocycles. The van der Waals surface area contributed by atoms with Gasteiger partial charge in [0.15, 0.2) is 0 Å². The number of hydrogen-bond acceptors (Lipinski definition) is 2. The van der Waals surface area contributed by atoms with Crippen LogP contribution < -0.4 is 10.1 Å². The molecule has 1 amide bonds. The van der Waals surface area contributed by atoms with Crippen LogP contribution in [0.25, 0.3) is 6.08 Å². The molecule has 0 radical (unpaired) electrons. The van der Waals surface area contributed by atoms with Gasteiger partial charge in [-0.05, 0) is 54.8 Å². The van der Waals surface area contributed by atoms with Crippen molar-refractivity contribution in [3.05, 3.63) is 76.9 Å². The van der Waals surface area contributed by atoms with Gasteiger partial charge in [-0.15, -0.1) is 0 Å². The molecule has 0 bridgehead atoms. The maximum absolute atomic E-state index is 12.0. The topological polar surface area (TPSA) is 38.3 Å². The zero-order valence-corrected chi connectivity index (χ0v) is 13.3. The molecule has 0 aromatic heterocycles. The van der Waals surface area contributed by atoms with E-state index in [9.17, 15) is 4.79 Å². The first-order chi connectivity index (χ1) is 11.1. The second-order valence-electron chi connectivity index (χ2n) is 5.67. The highest BCUT2D eigenvalue weighted by molar-refractivity contribution is 5.99. The van der Waals surface area contributed by atoms with Crippen molar-refractivity contribution in [3.8, 4) is 5.75 Å². The van der Waals surface area contributed by atoms with Gasteiger partial charge in [-0.2, -0.15) is 0 Å². The number of hydrogen-bond donors (Lipinski definition) is 1. The van der Waals surface area contributed by atoms with Crippen LogP contribution in [0.1, 0.15) is 16.7 Å². The molecule has 0 fully saturated rings. The largest absolute Gasteiger partial charge is 0.488 e. The normalized spacial score (nSPS) is 13.2. The van der Waals surface area contributed by atoms with Crippen molar-refractivity contribution in [2.45, 2.75) is 13.8 Å². The summed E-state index contributed by atoms with van der Waals surface area (Å²) in [6, 6.07) is 13.7. The molecule has 0 atom stereocenters. The van der Waals surface area contributed by atoms with E-state index < -0.39 is 0 Å². The van der Waals surface area contributed by atoms with Gasteiger partial charge in [-0.25, -0.2) is 0 Å². The van der Waals surface area contributed by atoms with Gasteiger partial charge in [-0.1, -0.05) is 30.3 Å². The molecule has 23 heavy (non-hydrogen) atoms. The minimum absolute atomic E-state index is 0.145. The van der Waals surface area contributed by atoms with Gasteiger partial charge < -0.3 is 10.1 Å². The number of para-hydroxylation sites is 1. The van der Waals surface area contributed by atoms with Crippen molar-refractivity contribution in [2.75, 3.05) is 11.9 Å². The van der Waals surface area contributed by atoms with E-state index in [1.165, 1.54) is 11.6 Å². The molecule has 1 aliphatic rings. The van der Waals surface area contributed by atoms with Crippen LogP contribution >= 0.6 is 0 Å². The third-order valence-corrected chi connectivity index (χ3v) is 3.88. The highest BCUT2D eigenvalue weighted by atomic mass is 16.5. The lowest BCUT2D eigenvalue weighted by Gasteiger charge is -2.15. The van der Waals surface area contributed by atoms with Gasteiger partial charge in [-0.3, -0.25) is 4.79 Å². The Morgan fingerprint density at radius 1 is 1.13 bits per heavy atom. The lowest BCUT2D eigenvalue weighted by atomic mass is 10.1. The van der Waals surface area contributed by atoms with Crippen LogP contribution in [-0.4, -0.2) is 12.5 Å². The summed E-state index contributed by atoms with van der Waals surface area (Å²) in [5.74, 6) is 0.734. The van der Waals surface area contributed by atoms with Gasteiger partial charge >= 0.3 is 0 Å². The van der Waals surface area contributed by atoms with Crippen molar-refractivity contribution < 1.29 is 9.53 Å². The summed E-state index contributed by atoms with van der Waals surface area (Å²) in [4.78, 5) is 12.0. The first-order valence-electron chi connectivity index (χ1n) is 7.60. The predicted octanol–water partition coefficient (Wildman–Crippen LogP) is 4.27. The smallest absolute Gasteiger partial charge is 0.248 e.